The number of aliphatic hydroxyl groups excluding tert-OH is 2. The minimum Gasteiger partial charge on any atom is -0.369 e. The molecule has 9 nitrogen and oxygen atoms in total. The second kappa shape index (κ2) is 7.86. The molecule has 3 N–H and O–H groups in total. The summed E-state index contributed by atoms with van der Waals surface area (Å²) in [5.74, 6) is 0.697. The summed E-state index contributed by atoms with van der Waals surface area (Å²) in [4.78, 5) is 6.35. The van der Waals surface area contributed by atoms with Gasteiger partial charge in [0.15, 0.2) is 6.23 Å². The maximum atomic E-state index is 10.6. The van der Waals surface area contributed by atoms with Crippen LogP contribution in [-0.2, 0) is 4.74 Å². The smallest absolute Gasteiger partial charge is 0.216 e. The van der Waals surface area contributed by atoms with Crippen LogP contribution in [0.4, 0.5) is 5.82 Å². The van der Waals surface area contributed by atoms with Crippen LogP contribution in [0.2, 0.25) is 0 Å². The van der Waals surface area contributed by atoms with Crippen molar-refractivity contribution in [3.8, 4) is 16.8 Å². The summed E-state index contributed by atoms with van der Waals surface area (Å²) in [7, 11) is 0. The summed E-state index contributed by atoms with van der Waals surface area (Å²) in [6.07, 6.45) is 5.52. The van der Waals surface area contributed by atoms with Crippen molar-refractivity contribution in [3.05, 3.63) is 54.5 Å². The standard InChI is InChI=1S/C23H28N6O3/c1-23(2,3)32-22(31)27-11-17(12-27)29-10-15(9-26-29)18-13-28(16-7-5-4-6-8-16)20-19(18)21(30)25-14-24-20/h4-10,13-14,17,21-22,30-31H,11-12H2,1-3H3,(H,24,25). The van der Waals surface area contributed by atoms with Crippen molar-refractivity contribution in [2.75, 3.05) is 13.1 Å². The van der Waals surface area contributed by atoms with Gasteiger partial charge in [0, 0.05) is 42.3 Å². The molecule has 9 heteroatoms. The van der Waals surface area contributed by atoms with Crippen molar-refractivity contribution in [1.29, 1.82) is 0 Å². The van der Waals surface area contributed by atoms with Crippen LogP contribution in [0.1, 0.15) is 38.6 Å². The second-order valence-corrected chi connectivity index (χ2v) is 9.19. The molecule has 2 atom stereocenters. The molecule has 5 rings (SSSR count). The number of benzene rings is 1. The molecule has 32 heavy (non-hydrogen) atoms. The summed E-state index contributed by atoms with van der Waals surface area (Å²) in [6, 6.07) is 10.1. The highest BCUT2D eigenvalue weighted by atomic mass is 16.6. The van der Waals surface area contributed by atoms with Crippen LogP contribution in [-0.4, -0.2) is 60.9 Å². The first-order chi connectivity index (χ1) is 15.3. The molecule has 1 aromatic carbocycles. The van der Waals surface area contributed by atoms with Gasteiger partial charge in [-0.2, -0.15) is 5.10 Å². The van der Waals surface area contributed by atoms with Gasteiger partial charge in [-0.1, -0.05) is 18.2 Å². The zero-order valence-corrected chi connectivity index (χ0v) is 18.4. The van der Waals surface area contributed by atoms with Gasteiger partial charge in [0.05, 0.1) is 29.7 Å². The average Bonchev–Trinajstić information content (AvgIpc) is 3.32. The van der Waals surface area contributed by atoms with Crippen LogP contribution < -0.4 is 5.32 Å². The fourth-order valence-electron chi connectivity index (χ4n) is 4.08. The van der Waals surface area contributed by atoms with Crippen LogP contribution in [0.15, 0.2) is 53.9 Å². The molecule has 0 radical (unpaired) electrons. The Kier molecular flexibility index (Phi) is 5.13. The quantitative estimate of drug-likeness (QED) is 0.532. The number of nitrogens with zero attached hydrogens (tertiary/aromatic N) is 5. The zero-order chi connectivity index (χ0) is 22.5. The first-order valence-electron chi connectivity index (χ1n) is 10.7. The molecular weight excluding hydrogens is 408 g/mol. The average molecular weight is 437 g/mol. The maximum absolute atomic E-state index is 10.6. The predicted octanol–water partition coefficient (Wildman–Crippen LogP) is 2.54. The van der Waals surface area contributed by atoms with Gasteiger partial charge in [-0.3, -0.25) is 9.58 Å². The molecule has 0 spiro atoms. The molecule has 1 saturated heterocycles. The molecule has 168 valence electrons. The van der Waals surface area contributed by atoms with Gasteiger partial charge in [0.1, 0.15) is 5.82 Å². The predicted molar refractivity (Wildman–Crippen MR) is 121 cm³/mol. The second-order valence-electron chi connectivity index (χ2n) is 9.19. The first kappa shape index (κ1) is 20.9. The number of aliphatic hydroxyl groups is 2. The lowest BCUT2D eigenvalue weighted by Crippen LogP contribution is -2.55. The fraction of sp³-hybridized carbons (Fsp3) is 0.391. The van der Waals surface area contributed by atoms with E-state index in [2.05, 4.69) is 15.4 Å². The highest BCUT2D eigenvalue weighted by molar-refractivity contribution is 5.78. The molecule has 2 unspecified atom stereocenters. The van der Waals surface area contributed by atoms with E-state index in [1.165, 1.54) is 6.34 Å². The van der Waals surface area contributed by atoms with Gasteiger partial charge in [0.25, 0.3) is 0 Å². The molecule has 2 aliphatic rings. The number of hydrogen-bond donors (Lipinski definition) is 3. The van der Waals surface area contributed by atoms with E-state index < -0.39 is 18.2 Å². The van der Waals surface area contributed by atoms with Crippen LogP contribution in [0.3, 0.4) is 0 Å². The Balaban J connectivity index is 1.40. The molecule has 0 aliphatic carbocycles. The molecule has 0 saturated carbocycles. The Morgan fingerprint density at radius 3 is 2.62 bits per heavy atom. The molecular formula is C23H28N6O3. The number of aliphatic imine (C=N–C) groups is 1. The molecule has 2 aliphatic heterocycles. The largest absolute Gasteiger partial charge is 0.369 e. The van der Waals surface area contributed by atoms with Crippen LogP contribution in [0.25, 0.3) is 16.8 Å². The van der Waals surface area contributed by atoms with Crippen LogP contribution in [0, 0.1) is 0 Å². The summed E-state index contributed by atoms with van der Waals surface area (Å²) in [6.45, 7) is 7.06. The summed E-state index contributed by atoms with van der Waals surface area (Å²) in [5, 5.41) is 28.3. The minimum absolute atomic E-state index is 0.148. The molecule has 2 aromatic heterocycles. The van der Waals surface area contributed by atoms with Gasteiger partial charge >= 0.3 is 0 Å². The molecule has 1 fully saturated rings. The Hall–Kier alpha value is -2.98. The number of hydrogen-bond acceptors (Lipinski definition) is 7. The number of para-hydroxylation sites is 1. The lowest BCUT2D eigenvalue weighted by molar-refractivity contribution is -0.259. The lowest BCUT2D eigenvalue weighted by Gasteiger charge is -2.43. The van der Waals surface area contributed by atoms with Gasteiger partial charge < -0.3 is 24.8 Å². The third-order valence-corrected chi connectivity index (χ3v) is 5.69. The van der Waals surface area contributed by atoms with Crippen molar-refractivity contribution < 1.29 is 14.9 Å². The maximum Gasteiger partial charge on any atom is 0.216 e. The zero-order valence-electron chi connectivity index (χ0n) is 18.4. The van der Waals surface area contributed by atoms with E-state index in [-0.39, 0.29) is 6.04 Å². The van der Waals surface area contributed by atoms with Crippen molar-refractivity contribution >= 4 is 12.2 Å². The minimum atomic E-state index is -0.924. The van der Waals surface area contributed by atoms with Gasteiger partial charge in [-0.15, -0.1) is 0 Å². The molecule has 4 heterocycles. The van der Waals surface area contributed by atoms with Crippen molar-refractivity contribution in [1.82, 2.24) is 24.6 Å². The van der Waals surface area contributed by atoms with E-state index in [4.69, 9.17) is 4.74 Å². The van der Waals surface area contributed by atoms with E-state index in [1.54, 1.807) is 6.20 Å². The summed E-state index contributed by atoms with van der Waals surface area (Å²) >= 11 is 0. The number of fused-ring (bicyclic) bond motifs is 1. The van der Waals surface area contributed by atoms with Crippen LogP contribution >= 0.6 is 0 Å². The molecule has 3 aromatic rings. The van der Waals surface area contributed by atoms with Crippen LogP contribution in [0.5, 0.6) is 0 Å². The monoisotopic (exact) mass is 436 g/mol. The van der Waals surface area contributed by atoms with Crippen molar-refractivity contribution in [2.45, 2.75) is 45.1 Å². The SMILES string of the molecule is CC(C)(C)OC(O)N1CC(n2cc(-c3cn(-c4ccccc4)c4c3C(O)NC=N4)cn2)C1. The van der Waals surface area contributed by atoms with Gasteiger partial charge in [-0.05, 0) is 32.9 Å². The van der Waals surface area contributed by atoms with E-state index in [9.17, 15) is 10.2 Å². The van der Waals surface area contributed by atoms with E-state index in [0.29, 0.717) is 18.9 Å². The third-order valence-electron chi connectivity index (χ3n) is 5.69. The molecule has 0 bridgehead atoms. The van der Waals surface area contributed by atoms with E-state index in [0.717, 1.165) is 22.4 Å². The number of rotatable bonds is 5. The number of aromatic nitrogens is 3. The first-order valence-corrected chi connectivity index (χ1v) is 10.7. The number of ether oxygens (including phenoxy) is 1. The topological polar surface area (TPSA) is 100 Å². The van der Waals surface area contributed by atoms with Crippen molar-refractivity contribution in [3.63, 3.8) is 0 Å². The number of nitrogens with one attached hydrogen (secondary N) is 1. The highest BCUT2D eigenvalue weighted by Gasteiger charge is 2.36. The highest BCUT2D eigenvalue weighted by Crippen LogP contribution is 2.40. The lowest BCUT2D eigenvalue weighted by atomic mass is 10.1. The Morgan fingerprint density at radius 1 is 1.16 bits per heavy atom. The van der Waals surface area contributed by atoms with E-state index in [1.807, 2.05) is 77.6 Å². The van der Waals surface area contributed by atoms with E-state index >= 15 is 0 Å². The Bertz CT molecular complexity index is 1120. The Morgan fingerprint density at radius 2 is 1.91 bits per heavy atom. The molecule has 0 amide bonds. The van der Waals surface area contributed by atoms with Gasteiger partial charge in [-0.25, -0.2) is 4.99 Å². The normalized spacial score (nSPS) is 20.0. The van der Waals surface area contributed by atoms with Gasteiger partial charge in [0.2, 0.25) is 6.41 Å². The summed E-state index contributed by atoms with van der Waals surface area (Å²) in [5.41, 5.74) is 3.06. The van der Waals surface area contributed by atoms with Crippen molar-refractivity contribution in [2.24, 2.45) is 4.99 Å². The fourth-order valence-corrected chi connectivity index (χ4v) is 4.08. The Labute approximate surface area is 186 Å². The summed E-state index contributed by atoms with van der Waals surface area (Å²) < 4.78 is 9.51. The third kappa shape index (κ3) is 3.84. The number of likely N-dealkylation sites (tertiary alicyclic amines) is 1.